The number of fused-ring (bicyclic) bond motifs is 2. The second kappa shape index (κ2) is 14.3. The first-order chi connectivity index (χ1) is 24.7. The molecule has 31 heteroatoms. The van der Waals surface area contributed by atoms with Crippen LogP contribution in [0.5, 0.6) is 0 Å². The Hall–Kier alpha value is -3.53. The summed E-state index contributed by atoms with van der Waals surface area (Å²) in [5.74, 6) is -0.538. The van der Waals surface area contributed by atoms with Gasteiger partial charge in [-0.1, -0.05) is 4.98 Å². The molecule has 28 nitrogen and oxygen atoms in total. The van der Waals surface area contributed by atoms with Crippen LogP contribution in [0.3, 0.4) is 0 Å². The first-order valence-electron chi connectivity index (χ1n) is 14.8. The molecule has 2 fully saturated rings. The van der Waals surface area contributed by atoms with Crippen molar-refractivity contribution >= 4 is 57.7 Å². The number of aryl methyl sites for hydroxylation is 1. The van der Waals surface area contributed by atoms with Gasteiger partial charge in [0.1, 0.15) is 36.6 Å². The second-order valence-corrected chi connectivity index (χ2v) is 16.1. The number of aliphatic hydroxyl groups excluding tert-OH is 3. The fourth-order valence-corrected chi connectivity index (χ4v) is 9.20. The minimum Gasteiger partial charge on any atom is -0.387 e. The number of nitrogens with one attached hydrogen (secondary N) is 2. The SMILES string of the molecule is CO[C@@H]1[C@H](O)[C@@H](COP(=O)(O)OP(=O)(O)OP(=O)(O)OC[C@H]2O[C@@H]([n+]3cn(C)c4c(=O)[nH]c(N)nc43)[C@H](O)[C@@H]2O)O[C@H]1n1cnc2c(=O)[nH]c(N)nc21. The third-order valence-corrected chi connectivity index (χ3v) is 12.2. The summed E-state index contributed by atoms with van der Waals surface area (Å²) < 4.78 is 75.2. The van der Waals surface area contributed by atoms with Crippen LogP contribution in [0.15, 0.2) is 22.2 Å². The van der Waals surface area contributed by atoms with E-state index in [-0.39, 0.29) is 34.2 Å². The number of aliphatic hydroxyl groups is 3. The number of phosphoric ester groups is 2. The Balaban J connectivity index is 1.06. The normalized spacial score (nSPS) is 29.7. The Labute approximate surface area is 293 Å². The van der Waals surface area contributed by atoms with Gasteiger partial charge < -0.3 is 55.7 Å². The molecule has 12 N–H and O–H groups in total. The van der Waals surface area contributed by atoms with Crippen LogP contribution in [-0.2, 0) is 52.6 Å². The number of ether oxygens (including phenoxy) is 3. The molecule has 0 amide bonds. The van der Waals surface area contributed by atoms with E-state index in [4.69, 9.17) is 25.7 Å². The molecule has 2 saturated heterocycles. The van der Waals surface area contributed by atoms with Crippen molar-refractivity contribution in [3.63, 3.8) is 0 Å². The summed E-state index contributed by atoms with van der Waals surface area (Å²) in [7, 11) is -14.7. The van der Waals surface area contributed by atoms with Crippen LogP contribution >= 0.6 is 23.5 Å². The Morgan fingerprint density at radius 1 is 0.887 bits per heavy atom. The molecule has 2 aliphatic rings. The van der Waals surface area contributed by atoms with E-state index in [1.54, 1.807) is 0 Å². The van der Waals surface area contributed by atoms with Gasteiger partial charge in [-0.05, 0) is 0 Å². The molecule has 0 spiro atoms. The monoisotopic (exact) mass is 817 g/mol. The fraction of sp³-hybridized carbons (Fsp3) is 0.545. The van der Waals surface area contributed by atoms with Crippen molar-refractivity contribution in [2.24, 2.45) is 7.05 Å². The number of nitrogens with two attached hydrogens (primary N) is 2. The van der Waals surface area contributed by atoms with E-state index in [9.17, 15) is 53.3 Å². The number of anilines is 2. The number of aromatic amines is 2. The van der Waals surface area contributed by atoms with Gasteiger partial charge in [-0.15, -0.1) is 0 Å². The number of phosphoric acid groups is 3. The van der Waals surface area contributed by atoms with Gasteiger partial charge in [0.25, 0.3) is 17.1 Å². The van der Waals surface area contributed by atoms with Crippen LogP contribution < -0.4 is 27.2 Å². The molecule has 4 aromatic heterocycles. The zero-order valence-electron chi connectivity index (χ0n) is 26.9. The molecule has 0 aliphatic carbocycles. The van der Waals surface area contributed by atoms with E-state index in [1.807, 2.05) is 0 Å². The second-order valence-electron chi connectivity index (χ2n) is 11.5. The predicted octanol–water partition coefficient (Wildman–Crippen LogP) is -3.89. The quantitative estimate of drug-likeness (QED) is 0.0455. The molecule has 11 atom stereocenters. The molecule has 0 bridgehead atoms. The van der Waals surface area contributed by atoms with Crippen LogP contribution in [0.25, 0.3) is 22.3 Å². The lowest BCUT2D eigenvalue weighted by atomic mass is 10.1. The Bertz CT molecular complexity index is 2300. The number of methoxy groups -OCH3 is 1. The van der Waals surface area contributed by atoms with Crippen LogP contribution in [-0.4, -0.2) is 121 Å². The zero-order valence-corrected chi connectivity index (χ0v) is 29.6. The number of H-pyrrole nitrogens is 2. The zero-order chi connectivity index (χ0) is 38.8. The van der Waals surface area contributed by atoms with Crippen LogP contribution in [0.1, 0.15) is 12.5 Å². The largest absolute Gasteiger partial charge is 0.490 e. The van der Waals surface area contributed by atoms with Gasteiger partial charge >= 0.3 is 29.1 Å². The van der Waals surface area contributed by atoms with Gasteiger partial charge in [0.2, 0.25) is 17.7 Å². The molecule has 53 heavy (non-hydrogen) atoms. The molecule has 4 aromatic rings. The number of aromatic nitrogens is 8. The number of rotatable bonds is 13. The number of hydrogen-bond donors (Lipinski definition) is 10. The number of hydrogen-bond acceptors (Lipinski definition) is 20. The summed E-state index contributed by atoms with van der Waals surface area (Å²) in [4.78, 5) is 71.1. The highest BCUT2D eigenvalue weighted by molar-refractivity contribution is 7.66. The van der Waals surface area contributed by atoms with Crippen molar-refractivity contribution in [3.8, 4) is 0 Å². The Morgan fingerprint density at radius 2 is 1.47 bits per heavy atom. The third-order valence-electron chi connectivity index (χ3n) is 7.93. The van der Waals surface area contributed by atoms with E-state index in [0.717, 1.165) is 10.9 Å². The summed E-state index contributed by atoms with van der Waals surface area (Å²) in [5.41, 5.74) is 9.67. The summed E-state index contributed by atoms with van der Waals surface area (Å²) >= 11 is 0. The molecule has 0 aromatic carbocycles. The molecule has 0 radical (unpaired) electrons. The first-order valence-corrected chi connectivity index (χ1v) is 19.3. The predicted molar refractivity (Wildman–Crippen MR) is 169 cm³/mol. The lowest BCUT2D eigenvalue weighted by Crippen LogP contribution is -2.46. The molecule has 3 unspecified atom stereocenters. The number of imidazole rings is 2. The van der Waals surface area contributed by atoms with E-state index in [1.165, 1.54) is 29.6 Å². The third kappa shape index (κ3) is 7.85. The number of nitrogen functional groups attached to an aromatic ring is 2. The standard InChI is InChI=1S/C22H31N10O18P3/c1-30-6-32(16-10(30)18(37)29-22(24)27-16)19-13(35)11(33)7(47-19)3-45-51(38,39)49-53(42,43)50-52(40,41)46-4-8-12(34)14(44-2)20(48-8)31-5-25-9-15(31)26-21(23)28-17(9)36/h5-8,11-14,19-20,33-35H,3-4H2,1-2H3,(H8-,23,24,26,27,28,29,36,37,38,39,40,41,42,43)/p+1/t7-,8-,11-,12-,13-,14-,19-,20-/m1/s1. The maximum Gasteiger partial charge on any atom is 0.490 e. The smallest absolute Gasteiger partial charge is 0.387 e. The highest BCUT2D eigenvalue weighted by atomic mass is 31.3. The molecular weight excluding hydrogens is 785 g/mol. The number of nitrogens with zero attached hydrogens (tertiary/aromatic N) is 6. The molecule has 6 heterocycles. The average molecular weight is 817 g/mol. The Kier molecular flexibility index (Phi) is 10.6. The summed E-state index contributed by atoms with van der Waals surface area (Å²) in [5, 5.41) is 31.9. The molecular formula is C22H32N10O18P3+. The van der Waals surface area contributed by atoms with E-state index in [2.05, 4.69) is 42.6 Å². The van der Waals surface area contributed by atoms with Crippen molar-refractivity contribution in [1.29, 1.82) is 0 Å². The van der Waals surface area contributed by atoms with Gasteiger partial charge in [0.15, 0.2) is 23.7 Å². The average Bonchev–Trinajstić information content (AvgIpc) is 3.76. The minimum atomic E-state index is -5.98. The highest BCUT2D eigenvalue weighted by Gasteiger charge is 2.50. The van der Waals surface area contributed by atoms with E-state index in [0.29, 0.717) is 0 Å². The summed E-state index contributed by atoms with van der Waals surface area (Å²) in [6.07, 6.45) is -9.71. The van der Waals surface area contributed by atoms with Gasteiger partial charge in [-0.25, -0.2) is 23.2 Å². The van der Waals surface area contributed by atoms with E-state index >= 15 is 0 Å². The van der Waals surface area contributed by atoms with Crippen LogP contribution in [0.4, 0.5) is 11.9 Å². The van der Waals surface area contributed by atoms with Crippen LogP contribution in [0, 0.1) is 0 Å². The molecule has 6 rings (SSSR count). The summed E-state index contributed by atoms with van der Waals surface area (Å²) in [6, 6.07) is 0. The minimum absolute atomic E-state index is 0.0159. The van der Waals surface area contributed by atoms with Crippen molar-refractivity contribution in [1.82, 2.24) is 34.1 Å². The summed E-state index contributed by atoms with van der Waals surface area (Å²) in [6.45, 7) is -2.08. The van der Waals surface area contributed by atoms with Crippen molar-refractivity contribution in [2.45, 2.75) is 49.1 Å². The van der Waals surface area contributed by atoms with Gasteiger partial charge in [-0.3, -0.25) is 37.7 Å². The Morgan fingerprint density at radius 3 is 2.09 bits per heavy atom. The van der Waals surface area contributed by atoms with Gasteiger partial charge in [-0.2, -0.15) is 13.6 Å². The van der Waals surface area contributed by atoms with Crippen molar-refractivity contribution in [2.75, 3.05) is 31.8 Å². The highest BCUT2D eigenvalue weighted by Crippen LogP contribution is 2.67. The fourth-order valence-electron chi connectivity index (χ4n) is 5.67. The molecule has 2 aliphatic heterocycles. The van der Waals surface area contributed by atoms with Crippen LogP contribution in [0.2, 0.25) is 0 Å². The molecule has 292 valence electrons. The van der Waals surface area contributed by atoms with Gasteiger partial charge in [0, 0.05) is 7.11 Å². The topological polar surface area (TPSA) is 407 Å². The maximum atomic E-state index is 12.6. The van der Waals surface area contributed by atoms with Crippen molar-refractivity contribution in [3.05, 3.63) is 33.4 Å². The maximum absolute atomic E-state index is 12.6. The van der Waals surface area contributed by atoms with Gasteiger partial charge in [0.05, 0.1) is 26.6 Å². The van der Waals surface area contributed by atoms with E-state index < -0.39 is 96.9 Å². The lowest BCUT2D eigenvalue weighted by molar-refractivity contribution is -0.745. The first kappa shape index (κ1) is 39.2. The lowest BCUT2D eigenvalue weighted by Gasteiger charge is -2.21. The van der Waals surface area contributed by atoms with Crippen molar-refractivity contribution < 1.29 is 80.1 Å². The molecule has 0 saturated carbocycles.